The maximum absolute atomic E-state index is 11.0. The predicted molar refractivity (Wildman–Crippen MR) is 69.5 cm³/mol. The molecule has 1 aromatic carbocycles. The van der Waals surface area contributed by atoms with Crippen molar-refractivity contribution in [1.82, 2.24) is 0 Å². The first-order chi connectivity index (χ1) is 8.16. The number of carbonyl (C=O) groups is 1. The van der Waals surface area contributed by atoms with Crippen LogP contribution in [0.15, 0.2) is 35.0 Å². The van der Waals surface area contributed by atoms with Crippen molar-refractivity contribution in [3.63, 3.8) is 0 Å². The van der Waals surface area contributed by atoms with Gasteiger partial charge < -0.3 is 16.2 Å². The number of benzene rings is 1. The number of thiophene rings is 1. The predicted octanol–water partition coefficient (Wildman–Crippen LogP) is 2.64. The van der Waals surface area contributed by atoms with Crippen LogP contribution in [0, 0.1) is 0 Å². The summed E-state index contributed by atoms with van der Waals surface area (Å²) in [6.45, 7) is 0.591. The second-order valence-corrected chi connectivity index (χ2v) is 4.38. The molecule has 0 aliphatic carbocycles. The molecular weight excluding hydrogens is 236 g/mol. The third kappa shape index (κ3) is 2.76. The minimum Gasteiger partial charge on any atom is -0.478 e. The summed E-state index contributed by atoms with van der Waals surface area (Å²) >= 11 is 1.61. The Balaban J connectivity index is 2.19. The number of rotatable bonds is 4. The molecular formula is C12H12N2O2S. The molecule has 0 radical (unpaired) electrons. The van der Waals surface area contributed by atoms with Crippen LogP contribution in [0.4, 0.5) is 11.4 Å². The minimum atomic E-state index is -0.960. The highest BCUT2D eigenvalue weighted by Crippen LogP contribution is 2.20. The van der Waals surface area contributed by atoms with Crippen LogP contribution in [-0.2, 0) is 6.54 Å². The van der Waals surface area contributed by atoms with Crippen LogP contribution >= 0.6 is 11.3 Å². The van der Waals surface area contributed by atoms with Crippen LogP contribution in [0.5, 0.6) is 0 Å². The molecule has 0 saturated heterocycles. The number of aromatic carboxylic acids is 1. The van der Waals surface area contributed by atoms with E-state index in [4.69, 9.17) is 10.8 Å². The maximum Gasteiger partial charge on any atom is 0.337 e. The first-order valence-electron chi connectivity index (χ1n) is 5.04. The average molecular weight is 248 g/mol. The number of anilines is 2. The van der Waals surface area contributed by atoms with Crippen molar-refractivity contribution < 1.29 is 9.90 Å². The van der Waals surface area contributed by atoms with Gasteiger partial charge in [0.05, 0.1) is 11.3 Å². The van der Waals surface area contributed by atoms with Gasteiger partial charge in [-0.1, -0.05) is 0 Å². The molecule has 0 aliphatic rings. The lowest BCUT2D eigenvalue weighted by Gasteiger charge is -2.09. The summed E-state index contributed by atoms with van der Waals surface area (Å²) < 4.78 is 0. The Bertz CT molecular complexity index is 523. The van der Waals surface area contributed by atoms with E-state index in [-0.39, 0.29) is 5.56 Å². The number of hydrogen-bond acceptors (Lipinski definition) is 4. The number of hydrogen-bond donors (Lipinski definition) is 3. The zero-order valence-electron chi connectivity index (χ0n) is 9.01. The van der Waals surface area contributed by atoms with Gasteiger partial charge in [-0.25, -0.2) is 4.79 Å². The second-order valence-electron chi connectivity index (χ2n) is 3.60. The molecule has 5 heteroatoms. The smallest absolute Gasteiger partial charge is 0.337 e. The van der Waals surface area contributed by atoms with E-state index in [0.29, 0.717) is 17.9 Å². The third-order valence-corrected chi connectivity index (χ3v) is 3.07. The van der Waals surface area contributed by atoms with E-state index in [2.05, 4.69) is 5.32 Å². The summed E-state index contributed by atoms with van der Waals surface area (Å²) in [5.41, 5.74) is 8.09. The van der Waals surface area contributed by atoms with Crippen LogP contribution in [0.3, 0.4) is 0 Å². The first kappa shape index (κ1) is 11.5. The number of nitrogens with one attached hydrogen (secondary N) is 1. The average Bonchev–Trinajstić information content (AvgIpc) is 2.78. The van der Waals surface area contributed by atoms with Crippen LogP contribution in [0.1, 0.15) is 15.9 Å². The quantitative estimate of drug-likeness (QED) is 0.727. The zero-order valence-corrected chi connectivity index (χ0v) is 9.83. The fraction of sp³-hybridized carbons (Fsp3) is 0.0833. The third-order valence-electron chi connectivity index (χ3n) is 2.34. The summed E-state index contributed by atoms with van der Waals surface area (Å²) in [5, 5.41) is 16.1. The van der Waals surface area contributed by atoms with Crippen molar-refractivity contribution in [2.45, 2.75) is 6.54 Å². The summed E-state index contributed by atoms with van der Waals surface area (Å²) in [6.07, 6.45) is 0. The van der Waals surface area contributed by atoms with E-state index in [9.17, 15) is 4.79 Å². The summed E-state index contributed by atoms with van der Waals surface area (Å²) in [5.74, 6) is -0.960. The van der Waals surface area contributed by atoms with Crippen molar-refractivity contribution >= 4 is 28.7 Å². The Morgan fingerprint density at radius 2 is 2.24 bits per heavy atom. The molecule has 2 rings (SSSR count). The molecule has 4 nitrogen and oxygen atoms in total. The van der Waals surface area contributed by atoms with E-state index in [1.54, 1.807) is 23.5 Å². The van der Waals surface area contributed by atoms with Crippen molar-refractivity contribution in [3.05, 3.63) is 46.2 Å². The number of carboxylic acids is 1. The molecule has 1 aromatic heterocycles. The lowest BCUT2D eigenvalue weighted by Crippen LogP contribution is -2.06. The highest BCUT2D eigenvalue weighted by molar-refractivity contribution is 7.07. The van der Waals surface area contributed by atoms with E-state index in [1.807, 2.05) is 16.8 Å². The maximum atomic E-state index is 11.0. The Labute approximate surface area is 103 Å². The van der Waals surface area contributed by atoms with E-state index in [1.165, 1.54) is 6.07 Å². The number of carboxylic acid groups (broad SMARTS) is 1. The molecule has 2 aromatic rings. The normalized spacial score (nSPS) is 10.1. The Morgan fingerprint density at radius 3 is 2.88 bits per heavy atom. The molecule has 0 bridgehead atoms. The largest absolute Gasteiger partial charge is 0.478 e. The summed E-state index contributed by atoms with van der Waals surface area (Å²) in [7, 11) is 0. The van der Waals surface area contributed by atoms with Gasteiger partial charge in [-0.05, 0) is 40.6 Å². The number of nitrogen functional groups attached to an aromatic ring is 1. The lowest BCUT2D eigenvalue weighted by molar-refractivity contribution is 0.0698. The molecule has 0 amide bonds. The molecule has 4 N–H and O–H groups in total. The van der Waals surface area contributed by atoms with Crippen molar-refractivity contribution in [1.29, 1.82) is 0 Å². The van der Waals surface area contributed by atoms with Gasteiger partial charge in [-0.3, -0.25) is 0 Å². The Morgan fingerprint density at radius 1 is 1.41 bits per heavy atom. The molecule has 0 spiro atoms. The van der Waals surface area contributed by atoms with Gasteiger partial charge in [-0.15, -0.1) is 0 Å². The fourth-order valence-electron chi connectivity index (χ4n) is 1.49. The van der Waals surface area contributed by atoms with Crippen molar-refractivity contribution in [2.24, 2.45) is 0 Å². The summed E-state index contributed by atoms with van der Waals surface area (Å²) in [4.78, 5) is 11.0. The highest BCUT2D eigenvalue weighted by atomic mass is 32.1. The van der Waals surface area contributed by atoms with Gasteiger partial charge in [0.2, 0.25) is 0 Å². The minimum absolute atomic E-state index is 0.231. The monoisotopic (exact) mass is 248 g/mol. The SMILES string of the molecule is Nc1ccc(C(=O)O)c(NCc2ccsc2)c1. The highest BCUT2D eigenvalue weighted by Gasteiger charge is 2.09. The Kier molecular flexibility index (Phi) is 3.30. The molecule has 17 heavy (non-hydrogen) atoms. The van der Waals surface area contributed by atoms with Gasteiger partial charge >= 0.3 is 5.97 Å². The van der Waals surface area contributed by atoms with Crippen molar-refractivity contribution in [3.8, 4) is 0 Å². The summed E-state index contributed by atoms with van der Waals surface area (Å²) in [6, 6.07) is 6.72. The van der Waals surface area contributed by atoms with Gasteiger partial charge in [0.1, 0.15) is 0 Å². The fourth-order valence-corrected chi connectivity index (χ4v) is 2.15. The molecule has 1 heterocycles. The van der Waals surface area contributed by atoms with Crippen LogP contribution in [0.2, 0.25) is 0 Å². The van der Waals surface area contributed by atoms with Crippen LogP contribution in [0.25, 0.3) is 0 Å². The zero-order chi connectivity index (χ0) is 12.3. The molecule has 0 aliphatic heterocycles. The van der Waals surface area contributed by atoms with Crippen LogP contribution < -0.4 is 11.1 Å². The standard InChI is InChI=1S/C12H12N2O2S/c13-9-1-2-10(12(15)16)11(5-9)14-6-8-3-4-17-7-8/h1-5,7,14H,6,13H2,(H,15,16). The first-order valence-corrected chi connectivity index (χ1v) is 5.99. The molecule has 0 fully saturated rings. The topological polar surface area (TPSA) is 75.4 Å². The van der Waals surface area contributed by atoms with Crippen LogP contribution in [-0.4, -0.2) is 11.1 Å². The number of nitrogens with two attached hydrogens (primary N) is 1. The van der Waals surface area contributed by atoms with E-state index in [0.717, 1.165) is 5.56 Å². The molecule has 0 atom stereocenters. The molecule has 88 valence electrons. The molecule has 0 unspecified atom stereocenters. The lowest BCUT2D eigenvalue weighted by atomic mass is 10.1. The van der Waals surface area contributed by atoms with Gasteiger partial charge in [0.25, 0.3) is 0 Å². The van der Waals surface area contributed by atoms with E-state index >= 15 is 0 Å². The second kappa shape index (κ2) is 4.88. The van der Waals surface area contributed by atoms with Crippen molar-refractivity contribution in [2.75, 3.05) is 11.1 Å². The van der Waals surface area contributed by atoms with Gasteiger partial charge in [-0.2, -0.15) is 11.3 Å². The van der Waals surface area contributed by atoms with E-state index < -0.39 is 5.97 Å². The Hall–Kier alpha value is -2.01. The van der Waals surface area contributed by atoms with Gasteiger partial charge in [0, 0.05) is 12.2 Å². The molecule has 0 saturated carbocycles. The van der Waals surface area contributed by atoms with Gasteiger partial charge in [0.15, 0.2) is 0 Å².